The van der Waals surface area contributed by atoms with Crippen molar-refractivity contribution in [3.8, 4) is 0 Å². The Labute approximate surface area is 251 Å². The first-order chi connectivity index (χ1) is 19.6. The quantitative estimate of drug-likeness (QED) is 0.266. The van der Waals surface area contributed by atoms with Gasteiger partial charge in [0.2, 0.25) is 0 Å². The van der Waals surface area contributed by atoms with Crippen LogP contribution in [0.4, 0.5) is 5.69 Å². The molecule has 2 heterocycles. The molecule has 2 aliphatic heterocycles. The number of hydrazone groups is 1. The molecule has 0 radical (unpaired) electrons. The van der Waals surface area contributed by atoms with Gasteiger partial charge in [-0.3, -0.25) is 5.43 Å². The van der Waals surface area contributed by atoms with E-state index in [1.807, 2.05) is 30.3 Å². The second-order valence-corrected chi connectivity index (χ2v) is 15.4. The molecule has 41 heavy (non-hydrogen) atoms. The van der Waals surface area contributed by atoms with E-state index in [1.54, 1.807) is 0 Å². The SMILES string of the molecule is C[C@@H]1CC[C@@]2(OC1)O[C@H]1C[C@H]3[C@@H]4CC[C@H]5C[C@@H](O)CC[C@]5(C)[C@H]4C/C(=N\NC(=S)Nc4ccccc4)[C@]3(C)[C@H]1[C@@H]2C. The summed E-state index contributed by atoms with van der Waals surface area (Å²) in [7, 11) is 0. The summed E-state index contributed by atoms with van der Waals surface area (Å²) in [6, 6.07) is 10.1. The Morgan fingerprint density at radius 3 is 2.59 bits per heavy atom. The van der Waals surface area contributed by atoms with Crippen molar-refractivity contribution in [3.05, 3.63) is 30.3 Å². The Morgan fingerprint density at radius 2 is 1.83 bits per heavy atom. The molecule has 6 fully saturated rings. The minimum atomic E-state index is -0.446. The molecule has 6 aliphatic rings. The average molecular weight is 580 g/mol. The Kier molecular flexibility index (Phi) is 7.08. The third-order valence-corrected chi connectivity index (χ3v) is 13.3. The van der Waals surface area contributed by atoms with Crippen molar-refractivity contribution >= 4 is 28.7 Å². The normalized spacial score (nSPS) is 49.6. The van der Waals surface area contributed by atoms with Crippen LogP contribution in [0.2, 0.25) is 0 Å². The zero-order valence-corrected chi connectivity index (χ0v) is 26.1. The van der Waals surface area contributed by atoms with E-state index >= 15 is 0 Å². The van der Waals surface area contributed by atoms with Gasteiger partial charge in [-0.05, 0) is 111 Å². The van der Waals surface area contributed by atoms with Crippen molar-refractivity contribution in [1.82, 2.24) is 5.43 Å². The number of fused-ring (bicyclic) bond motifs is 7. The largest absolute Gasteiger partial charge is 0.393 e. The predicted octanol–water partition coefficient (Wildman–Crippen LogP) is 6.75. The number of thiocarbonyl (C=S) groups is 1. The molecule has 0 unspecified atom stereocenters. The first kappa shape index (κ1) is 28.2. The lowest BCUT2D eigenvalue weighted by Gasteiger charge is -2.61. The number of hydrogen-bond acceptors (Lipinski definition) is 5. The highest BCUT2D eigenvalue weighted by Crippen LogP contribution is 2.70. The van der Waals surface area contributed by atoms with Crippen LogP contribution in [0.5, 0.6) is 0 Å². The number of anilines is 1. The summed E-state index contributed by atoms with van der Waals surface area (Å²) in [6.45, 7) is 10.5. The Hall–Kier alpha value is -1.54. The summed E-state index contributed by atoms with van der Waals surface area (Å²) in [6.07, 6.45) is 9.86. The minimum Gasteiger partial charge on any atom is -0.393 e. The molecule has 4 saturated carbocycles. The smallest absolute Gasteiger partial charge is 0.191 e. The molecule has 12 atom stereocenters. The molecule has 4 aliphatic carbocycles. The molecule has 0 amide bonds. The second kappa shape index (κ2) is 10.3. The van der Waals surface area contributed by atoms with E-state index in [1.165, 1.54) is 25.0 Å². The van der Waals surface area contributed by atoms with E-state index in [0.717, 1.165) is 50.8 Å². The number of rotatable bonds is 2. The van der Waals surface area contributed by atoms with Crippen LogP contribution in [0, 0.1) is 52.3 Å². The Balaban J connectivity index is 1.22. The van der Waals surface area contributed by atoms with Gasteiger partial charge in [0.05, 0.1) is 18.8 Å². The summed E-state index contributed by atoms with van der Waals surface area (Å²) in [5, 5.41) is 19.6. The standard InChI is InChI=1S/C34H49N3O3S/c1-20-12-15-34(39-19-20)21(2)30-28(40-34)17-27-25-11-10-22-16-24(38)13-14-32(22,3)26(25)18-29(33(27,30)4)36-37-31(41)35-23-8-6-5-7-9-23/h5-9,20-22,24-28,30,38H,10-19H2,1-4H3,(H2,35,37,41)/b36-29+/t20-,21+,22+,24+,25-,26+,27+,28+,30+,32+,33-,34-/m1/s1. The zero-order chi connectivity index (χ0) is 28.6. The lowest BCUT2D eigenvalue weighted by atomic mass is 9.44. The van der Waals surface area contributed by atoms with Crippen LogP contribution in [-0.2, 0) is 9.47 Å². The molecule has 1 spiro atoms. The number of para-hydroxylation sites is 1. The fourth-order valence-corrected chi connectivity index (χ4v) is 11.1. The van der Waals surface area contributed by atoms with Crippen LogP contribution in [0.1, 0.15) is 85.5 Å². The van der Waals surface area contributed by atoms with Crippen LogP contribution in [0.15, 0.2) is 35.4 Å². The third kappa shape index (κ3) is 4.43. The van der Waals surface area contributed by atoms with Gasteiger partial charge in [-0.2, -0.15) is 5.10 Å². The fraction of sp³-hybridized carbons (Fsp3) is 0.765. The highest BCUT2D eigenvalue weighted by Gasteiger charge is 2.71. The van der Waals surface area contributed by atoms with Gasteiger partial charge in [-0.25, -0.2) is 0 Å². The molecular weight excluding hydrogens is 530 g/mol. The molecule has 1 aromatic carbocycles. The molecule has 0 bridgehead atoms. The van der Waals surface area contributed by atoms with Gasteiger partial charge in [0.15, 0.2) is 10.9 Å². The van der Waals surface area contributed by atoms with E-state index < -0.39 is 5.79 Å². The van der Waals surface area contributed by atoms with Crippen LogP contribution in [0.3, 0.4) is 0 Å². The summed E-state index contributed by atoms with van der Waals surface area (Å²) >= 11 is 5.73. The topological polar surface area (TPSA) is 75.1 Å². The monoisotopic (exact) mass is 579 g/mol. The first-order valence-electron chi connectivity index (χ1n) is 16.3. The minimum absolute atomic E-state index is 0.0616. The molecule has 7 heteroatoms. The maximum absolute atomic E-state index is 10.6. The predicted molar refractivity (Wildman–Crippen MR) is 166 cm³/mol. The van der Waals surface area contributed by atoms with Gasteiger partial charge in [0.25, 0.3) is 0 Å². The van der Waals surface area contributed by atoms with Gasteiger partial charge < -0.3 is 19.9 Å². The van der Waals surface area contributed by atoms with E-state index in [2.05, 4.69) is 38.4 Å². The van der Waals surface area contributed by atoms with Crippen molar-refractivity contribution in [1.29, 1.82) is 0 Å². The highest BCUT2D eigenvalue weighted by molar-refractivity contribution is 7.80. The molecule has 7 rings (SSSR count). The molecular formula is C34H49N3O3S. The number of benzene rings is 1. The summed E-state index contributed by atoms with van der Waals surface area (Å²) in [5.74, 6) is 3.26. The van der Waals surface area contributed by atoms with Crippen molar-refractivity contribution in [2.24, 2.45) is 57.4 Å². The van der Waals surface area contributed by atoms with Crippen LogP contribution >= 0.6 is 12.2 Å². The highest BCUT2D eigenvalue weighted by atomic mass is 32.1. The second-order valence-electron chi connectivity index (χ2n) is 15.0. The van der Waals surface area contributed by atoms with Gasteiger partial charge in [-0.15, -0.1) is 0 Å². The number of aliphatic hydroxyl groups is 1. The molecule has 1 aromatic rings. The number of ether oxygens (including phenoxy) is 2. The van der Waals surface area contributed by atoms with Gasteiger partial charge in [0.1, 0.15) is 0 Å². The Bertz CT molecular complexity index is 1180. The lowest BCUT2D eigenvalue weighted by molar-refractivity contribution is -0.272. The van der Waals surface area contributed by atoms with Crippen molar-refractivity contribution in [2.45, 2.75) is 103 Å². The maximum Gasteiger partial charge on any atom is 0.191 e. The van der Waals surface area contributed by atoms with Gasteiger partial charge in [-0.1, -0.05) is 45.9 Å². The average Bonchev–Trinajstić information content (AvgIpc) is 3.40. The van der Waals surface area contributed by atoms with E-state index in [0.29, 0.717) is 46.5 Å². The van der Waals surface area contributed by atoms with E-state index in [-0.39, 0.29) is 23.0 Å². The number of nitrogens with zero attached hydrogens (tertiary/aromatic N) is 1. The van der Waals surface area contributed by atoms with Gasteiger partial charge >= 0.3 is 0 Å². The van der Waals surface area contributed by atoms with E-state index in [4.69, 9.17) is 26.8 Å². The number of hydrogen-bond donors (Lipinski definition) is 3. The first-order valence-corrected chi connectivity index (χ1v) is 16.7. The van der Waals surface area contributed by atoms with Crippen LogP contribution < -0.4 is 10.7 Å². The third-order valence-electron chi connectivity index (χ3n) is 13.1. The molecule has 2 saturated heterocycles. The molecule has 0 aromatic heterocycles. The lowest BCUT2D eigenvalue weighted by Crippen LogP contribution is -2.58. The number of nitrogens with one attached hydrogen (secondary N) is 2. The van der Waals surface area contributed by atoms with Crippen LogP contribution in [0.25, 0.3) is 0 Å². The summed E-state index contributed by atoms with van der Waals surface area (Å²) < 4.78 is 13.6. The van der Waals surface area contributed by atoms with E-state index in [9.17, 15) is 5.11 Å². The zero-order valence-electron chi connectivity index (χ0n) is 25.3. The van der Waals surface area contributed by atoms with Gasteiger partial charge in [0, 0.05) is 35.1 Å². The number of aliphatic hydroxyl groups excluding tert-OH is 1. The van der Waals surface area contributed by atoms with Crippen LogP contribution in [-0.4, -0.2) is 40.5 Å². The Morgan fingerprint density at radius 1 is 1.02 bits per heavy atom. The maximum atomic E-state index is 10.6. The summed E-state index contributed by atoms with van der Waals surface area (Å²) in [5.41, 5.74) is 5.72. The molecule has 6 nitrogen and oxygen atoms in total. The fourth-order valence-electron chi connectivity index (χ4n) is 10.9. The van der Waals surface area contributed by atoms with Crippen molar-refractivity contribution in [3.63, 3.8) is 0 Å². The van der Waals surface area contributed by atoms with Crippen molar-refractivity contribution in [2.75, 3.05) is 11.9 Å². The molecule has 224 valence electrons. The molecule has 3 N–H and O–H groups in total. The summed E-state index contributed by atoms with van der Waals surface area (Å²) in [4.78, 5) is 0. The van der Waals surface area contributed by atoms with Crippen molar-refractivity contribution < 1.29 is 14.6 Å².